The first-order valence-corrected chi connectivity index (χ1v) is 7.41. The highest BCUT2D eigenvalue weighted by Gasteiger charge is 2.13. The van der Waals surface area contributed by atoms with Gasteiger partial charge in [-0.15, -0.1) is 11.8 Å². The number of carbonyl (C=O) groups is 2. The summed E-state index contributed by atoms with van der Waals surface area (Å²) < 4.78 is 5.30. The minimum absolute atomic E-state index is 0.153. The predicted octanol–water partition coefficient (Wildman–Crippen LogP) is 2.98. The van der Waals surface area contributed by atoms with Gasteiger partial charge in [0.25, 0.3) is 0 Å². The maximum atomic E-state index is 12.1. The van der Waals surface area contributed by atoms with Gasteiger partial charge in [-0.25, -0.2) is 9.78 Å². The Hall–Kier alpha value is -2.34. The van der Waals surface area contributed by atoms with E-state index in [1.165, 1.54) is 18.7 Å². The van der Waals surface area contributed by atoms with Gasteiger partial charge in [0.1, 0.15) is 10.8 Å². The van der Waals surface area contributed by atoms with E-state index in [1.54, 1.807) is 42.6 Å². The molecule has 108 valence electrons. The summed E-state index contributed by atoms with van der Waals surface area (Å²) in [7, 11) is 0. The molecule has 0 aliphatic rings. The van der Waals surface area contributed by atoms with Crippen molar-refractivity contribution in [2.24, 2.45) is 0 Å². The van der Waals surface area contributed by atoms with E-state index in [0.29, 0.717) is 22.0 Å². The fourth-order valence-electron chi connectivity index (χ4n) is 1.68. The fourth-order valence-corrected chi connectivity index (χ4v) is 2.22. The third-order valence-electron chi connectivity index (χ3n) is 2.57. The van der Waals surface area contributed by atoms with E-state index in [1.807, 2.05) is 6.26 Å². The Kier molecular flexibility index (Phi) is 4.94. The van der Waals surface area contributed by atoms with E-state index in [-0.39, 0.29) is 5.91 Å². The first-order valence-electron chi connectivity index (χ1n) is 6.19. The van der Waals surface area contributed by atoms with Crippen LogP contribution in [0.5, 0.6) is 5.75 Å². The highest BCUT2D eigenvalue weighted by Crippen LogP contribution is 2.21. The second kappa shape index (κ2) is 6.90. The van der Waals surface area contributed by atoms with Gasteiger partial charge in [-0.05, 0) is 42.7 Å². The van der Waals surface area contributed by atoms with E-state index < -0.39 is 5.97 Å². The number of hydrogen-bond acceptors (Lipinski definition) is 5. The summed E-state index contributed by atoms with van der Waals surface area (Å²) in [4.78, 5) is 27.2. The van der Waals surface area contributed by atoms with Gasteiger partial charge < -0.3 is 10.1 Å². The summed E-state index contributed by atoms with van der Waals surface area (Å²) in [5.74, 6) is -0.204. The topological polar surface area (TPSA) is 68.3 Å². The molecule has 0 aliphatic carbocycles. The summed E-state index contributed by atoms with van der Waals surface area (Å²) in [6.45, 7) is 1.43. The molecule has 1 amide bonds. The Labute approximate surface area is 126 Å². The van der Waals surface area contributed by atoms with E-state index in [2.05, 4.69) is 10.3 Å². The Bertz CT molecular complexity index is 656. The molecule has 2 aromatic rings. The van der Waals surface area contributed by atoms with Crippen LogP contribution in [0, 0.1) is 0 Å². The Morgan fingerprint density at radius 1 is 1.19 bits per heavy atom. The quantitative estimate of drug-likeness (QED) is 0.534. The number of benzene rings is 1. The number of amides is 1. The van der Waals surface area contributed by atoms with Crippen LogP contribution < -0.4 is 10.1 Å². The first-order chi connectivity index (χ1) is 10.1. The molecular weight excluding hydrogens is 288 g/mol. The average molecular weight is 302 g/mol. The molecule has 0 saturated heterocycles. The molecule has 0 radical (unpaired) electrons. The maximum Gasteiger partial charge on any atom is 0.346 e. The maximum absolute atomic E-state index is 12.1. The lowest BCUT2D eigenvalue weighted by molar-refractivity contribution is -0.114. The smallest absolute Gasteiger partial charge is 0.346 e. The van der Waals surface area contributed by atoms with E-state index in [0.717, 1.165) is 0 Å². The number of carbonyl (C=O) groups excluding carboxylic acids is 2. The number of pyridine rings is 1. The molecule has 0 aliphatic heterocycles. The highest BCUT2D eigenvalue weighted by atomic mass is 32.2. The van der Waals surface area contributed by atoms with Crippen molar-refractivity contribution < 1.29 is 14.3 Å². The molecule has 0 bridgehead atoms. The number of aromatic nitrogens is 1. The number of ether oxygens (including phenoxy) is 1. The molecule has 5 nitrogen and oxygen atoms in total. The van der Waals surface area contributed by atoms with Crippen LogP contribution in [0.4, 0.5) is 5.69 Å². The number of esters is 1. The molecule has 0 fully saturated rings. The zero-order valence-electron chi connectivity index (χ0n) is 11.6. The zero-order valence-corrected chi connectivity index (χ0v) is 12.4. The van der Waals surface area contributed by atoms with Crippen molar-refractivity contribution in [1.82, 2.24) is 4.98 Å². The first kappa shape index (κ1) is 15.1. The number of nitrogens with zero attached hydrogens (tertiary/aromatic N) is 1. The number of thioether (sulfide) groups is 1. The number of anilines is 1. The third-order valence-corrected chi connectivity index (χ3v) is 3.28. The molecule has 0 unspecified atom stereocenters. The molecule has 0 saturated carbocycles. The lowest BCUT2D eigenvalue weighted by atomic mass is 10.3. The summed E-state index contributed by atoms with van der Waals surface area (Å²) in [5.41, 5.74) is 1.07. The second-order valence-corrected chi connectivity index (χ2v) is 4.95. The summed E-state index contributed by atoms with van der Waals surface area (Å²) in [5, 5.41) is 3.27. The number of hydrogen-bond donors (Lipinski definition) is 1. The fraction of sp³-hybridized carbons (Fsp3) is 0.133. The Balaban J connectivity index is 2.10. The number of rotatable bonds is 4. The van der Waals surface area contributed by atoms with Crippen LogP contribution in [0.15, 0.2) is 47.6 Å². The molecule has 1 aromatic carbocycles. The van der Waals surface area contributed by atoms with Crippen molar-refractivity contribution in [3.05, 3.63) is 48.2 Å². The van der Waals surface area contributed by atoms with E-state index >= 15 is 0 Å². The van der Waals surface area contributed by atoms with Crippen LogP contribution in [0.1, 0.15) is 17.3 Å². The van der Waals surface area contributed by atoms with Gasteiger partial charge in [-0.1, -0.05) is 0 Å². The van der Waals surface area contributed by atoms with Crippen molar-refractivity contribution in [3.63, 3.8) is 0 Å². The minimum atomic E-state index is -0.459. The van der Waals surface area contributed by atoms with Gasteiger partial charge >= 0.3 is 5.97 Å². The van der Waals surface area contributed by atoms with Gasteiger partial charge in [0.15, 0.2) is 0 Å². The normalized spacial score (nSPS) is 10.0. The lowest BCUT2D eigenvalue weighted by Gasteiger charge is -2.07. The monoisotopic (exact) mass is 302 g/mol. The third kappa shape index (κ3) is 4.06. The van der Waals surface area contributed by atoms with Crippen LogP contribution in [-0.2, 0) is 4.79 Å². The molecule has 6 heteroatoms. The summed E-state index contributed by atoms with van der Waals surface area (Å²) in [6.07, 6.45) is 3.48. The van der Waals surface area contributed by atoms with Crippen LogP contribution in [0.25, 0.3) is 0 Å². The van der Waals surface area contributed by atoms with Crippen molar-refractivity contribution in [3.8, 4) is 5.75 Å². The van der Waals surface area contributed by atoms with Gasteiger partial charge in [0, 0.05) is 18.8 Å². The summed E-state index contributed by atoms with van der Waals surface area (Å²) >= 11 is 1.38. The second-order valence-electron chi connectivity index (χ2n) is 4.16. The molecule has 1 aromatic heterocycles. The molecule has 2 rings (SSSR count). The SMILES string of the molecule is CSc1ncccc1C(=O)Oc1ccc(NC(C)=O)cc1. The van der Waals surface area contributed by atoms with Gasteiger partial charge in [0.05, 0.1) is 5.56 Å². The molecule has 21 heavy (non-hydrogen) atoms. The van der Waals surface area contributed by atoms with E-state index in [4.69, 9.17) is 4.74 Å². The standard InChI is InChI=1S/C15H14N2O3S/c1-10(18)17-11-5-7-12(8-6-11)20-15(19)13-4-3-9-16-14(13)21-2/h3-9H,1-2H3,(H,17,18). The van der Waals surface area contributed by atoms with Crippen LogP contribution in [-0.4, -0.2) is 23.1 Å². The Morgan fingerprint density at radius 3 is 2.52 bits per heavy atom. The molecule has 0 spiro atoms. The van der Waals surface area contributed by atoms with Gasteiger partial charge in [0.2, 0.25) is 5.91 Å². The van der Waals surface area contributed by atoms with E-state index in [9.17, 15) is 9.59 Å². The minimum Gasteiger partial charge on any atom is -0.423 e. The number of nitrogens with one attached hydrogen (secondary N) is 1. The van der Waals surface area contributed by atoms with Crippen molar-refractivity contribution in [2.45, 2.75) is 11.9 Å². The van der Waals surface area contributed by atoms with Crippen molar-refractivity contribution >= 4 is 29.3 Å². The van der Waals surface area contributed by atoms with Crippen LogP contribution in [0.2, 0.25) is 0 Å². The van der Waals surface area contributed by atoms with Crippen molar-refractivity contribution in [2.75, 3.05) is 11.6 Å². The predicted molar refractivity (Wildman–Crippen MR) is 81.7 cm³/mol. The van der Waals surface area contributed by atoms with Gasteiger partial charge in [-0.2, -0.15) is 0 Å². The average Bonchev–Trinajstić information content (AvgIpc) is 2.48. The van der Waals surface area contributed by atoms with Crippen molar-refractivity contribution in [1.29, 1.82) is 0 Å². The lowest BCUT2D eigenvalue weighted by Crippen LogP contribution is -2.10. The summed E-state index contributed by atoms with van der Waals surface area (Å²) in [6, 6.07) is 9.95. The van der Waals surface area contributed by atoms with Gasteiger partial charge in [-0.3, -0.25) is 4.79 Å². The zero-order chi connectivity index (χ0) is 15.2. The van der Waals surface area contributed by atoms with Crippen LogP contribution >= 0.6 is 11.8 Å². The highest BCUT2D eigenvalue weighted by molar-refractivity contribution is 7.98. The van der Waals surface area contributed by atoms with Crippen LogP contribution in [0.3, 0.4) is 0 Å². The Morgan fingerprint density at radius 2 is 1.90 bits per heavy atom. The molecule has 1 N–H and O–H groups in total. The molecule has 0 atom stereocenters. The largest absolute Gasteiger partial charge is 0.423 e. The molecular formula is C15H14N2O3S. The molecule has 1 heterocycles.